The molecule has 2 rings (SSSR count). The van der Waals surface area contributed by atoms with Crippen LogP contribution < -0.4 is 9.47 Å². The first kappa shape index (κ1) is 12.6. The van der Waals surface area contributed by atoms with Gasteiger partial charge in [0.15, 0.2) is 11.5 Å². The third-order valence-electron chi connectivity index (χ3n) is 2.68. The maximum atomic E-state index is 5.48. The van der Waals surface area contributed by atoms with Gasteiger partial charge in [-0.1, -0.05) is 42.5 Å². The molecule has 2 nitrogen and oxygen atoms in total. The molecule has 0 aliphatic heterocycles. The zero-order chi connectivity index (χ0) is 13.0. The molecule has 0 saturated carbocycles. The SMILES string of the molecule is COc1ccc(C(=S)c2ccccc2)cc1OC. The van der Waals surface area contributed by atoms with Crippen molar-refractivity contribution in [2.75, 3.05) is 14.2 Å². The smallest absolute Gasteiger partial charge is 0.161 e. The van der Waals surface area contributed by atoms with Gasteiger partial charge in [-0.2, -0.15) is 0 Å². The van der Waals surface area contributed by atoms with E-state index in [1.54, 1.807) is 14.2 Å². The first-order valence-electron chi connectivity index (χ1n) is 5.58. The molecular weight excluding hydrogens is 244 g/mol. The van der Waals surface area contributed by atoms with Gasteiger partial charge in [-0.3, -0.25) is 0 Å². The summed E-state index contributed by atoms with van der Waals surface area (Å²) >= 11 is 5.48. The predicted molar refractivity (Wildman–Crippen MR) is 76.8 cm³/mol. The normalized spacial score (nSPS) is 9.89. The predicted octanol–water partition coefficient (Wildman–Crippen LogP) is 3.47. The Kier molecular flexibility index (Phi) is 3.95. The third kappa shape index (κ3) is 2.51. The van der Waals surface area contributed by atoms with Crippen molar-refractivity contribution < 1.29 is 9.47 Å². The maximum absolute atomic E-state index is 5.48. The van der Waals surface area contributed by atoms with E-state index >= 15 is 0 Å². The maximum Gasteiger partial charge on any atom is 0.161 e. The van der Waals surface area contributed by atoms with E-state index in [9.17, 15) is 0 Å². The lowest BCUT2D eigenvalue weighted by molar-refractivity contribution is 0.355. The minimum absolute atomic E-state index is 0.688. The summed E-state index contributed by atoms with van der Waals surface area (Å²) in [6.45, 7) is 0. The van der Waals surface area contributed by atoms with Crippen molar-refractivity contribution in [3.8, 4) is 11.5 Å². The number of hydrogen-bond acceptors (Lipinski definition) is 3. The highest BCUT2D eigenvalue weighted by Crippen LogP contribution is 2.28. The Morgan fingerprint density at radius 3 is 2.11 bits per heavy atom. The van der Waals surface area contributed by atoms with Crippen LogP contribution in [0.25, 0.3) is 0 Å². The highest BCUT2D eigenvalue weighted by Gasteiger charge is 2.09. The molecular formula is C15H14O2S. The largest absolute Gasteiger partial charge is 0.493 e. The Bertz CT molecular complexity index is 550. The molecule has 0 aromatic heterocycles. The third-order valence-corrected chi connectivity index (χ3v) is 3.15. The van der Waals surface area contributed by atoms with E-state index in [1.165, 1.54) is 0 Å². The Morgan fingerprint density at radius 1 is 0.833 bits per heavy atom. The van der Waals surface area contributed by atoms with Gasteiger partial charge >= 0.3 is 0 Å². The Hall–Kier alpha value is -1.87. The molecule has 0 spiro atoms. The number of ether oxygens (including phenoxy) is 2. The van der Waals surface area contributed by atoms with Gasteiger partial charge in [-0.25, -0.2) is 0 Å². The fourth-order valence-corrected chi connectivity index (χ4v) is 2.00. The van der Waals surface area contributed by atoms with Crippen LogP contribution in [0.1, 0.15) is 11.1 Å². The fourth-order valence-electron chi connectivity index (χ4n) is 1.73. The van der Waals surface area contributed by atoms with E-state index in [1.807, 2.05) is 48.5 Å². The van der Waals surface area contributed by atoms with Gasteiger partial charge in [0.1, 0.15) is 0 Å². The van der Waals surface area contributed by atoms with E-state index in [0.29, 0.717) is 11.5 Å². The topological polar surface area (TPSA) is 18.5 Å². The Morgan fingerprint density at radius 2 is 1.50 bits per heavy atom. The Balaban J connectivity index is 2.37. The van der Waals surface area contributed by atoms with Crippen molar-refractivity contribution in [3.63, 3.8) is 0 Å². The zero-order valence-electron chi connectivity index (χ0n) is 10.3. The van der Waals surface area contributed by atoms with E-state index in [-0.39, 0.29) is 0 Å². The number of methoxy groups -OCH3 is 2. The van der Waals surface area contributed by atoms with Crippen molar-refractivity contribution in [2.45, 2.75) is 0 Å². The van der Waals surface area contributed by atoms with Crippen LogP contribution in [0.15, 0.2) is 48.5 Å². The molecule has 2 aromatic carbocycles. The lowest BCUT2D eigenvalue weighted by atomic mass is 10.0. The van der Waals surface area contributed by atoms with Crippen LogP contribution in [0.5, 0.6) is 11.5 Å². The highest BCUT2D eigenvalue weighted by molar-refractivity contribution is 7.81. The molecule has 0 atom stereocenters. The first-order valence-corrected chi connectivity index (χ1v) is 5.99. The Labute approximate surface area is 112 Å². The summed E-state index contributed by atoms with van der Waals surface area (Å²) in [7, 11) is 3.24. The van der Waals surface area contributed by atoms with Crippen LogP contribution in [0.3, 0.4) is 0 Å². The van der Waals surface area contributed by atoms with Gasteiger partial charge in [0.2, 0.25) is 0 Å². The zero-order valence-corrected chi connectivity index (χ0v) is 11.2. The van der Waals surface area contributed by atoms with Crippen molar-refractivity contribution in [1.29, 1.82) is 0 Å². The number of benzene rings is 2. The summed E-state index contributed by atoms with van der Waals surface area (Å²) in [5.41, 5.74) is 1.98. The summed E-state index contributed by atoms with van der Waals surface area (Å²) in [4.78, 5) is 0.802. The standard InChI is InChI=1S/C15H14O2S/c1-16-13-9-8-12(10-14(13)17-2)15(18)11-6-4-3-5-7-11/h3-10H,1-2H3. The summed E-state index contributed by atoms with van der Waals surface area (Å²) in [6.07, 6.45) is 0. The van der Waals surface area contributed by atoms with Crippen molar-refractivity contribution in [3.05, 3.63) is 59.7 Å². The van der Waals surface area contributed by atoms with Crippen molar-refractivity contribution >= 4 is 17.1 Å². The average molecular weight is 258 g/mol. The molecule has 92 valence electrons. The summed E-state index contributed by atoms with van der Waals surface area (Å²) < 4.78 is 10.5. The second kappa shape index (κ2) is 5.65. The molecule has 3 heteroatoms. The fraction of sp³-hybridized carbons (Fsp3) is 0.133. The van der Waals surface area contributed by atoms with Crippen LogP contribution in [-0.4, -0.2) is 19.1 Å². The molecule has 0 saturated heterocycles. The van der Waals surface area contributed by atoms with Crippen molar-refractivity contribution in [1.82, 2.24) is 0 Å². The average Bonchev–Trinajstić information content (AvgIpc) is 2.46. The van der Waals surface area contributed by atoms with Crippen LogP contribution in [-0.2, 0) is 0 Å². The summed E-state index contributed by atoms with van der Waals surface area (Å²) in [5, 5.41) is 0. The van der Waals surface area contributed by atoms with Crippen LogP contribution in [0, 0.1) is 0 Å². The molecule has 0 amide bonds. The van der Waals surface area contributed by atoms with E-state index in [4.69, 9.17) is 21.7 Å². The van der Waals surface area contributed by atoms with Gasteiger partial charge in [0.05, 0.1) is 19.1 Å². The van der Waals surface area contributed by atoms with Gasteiger partial charge < -0.3 is 9.47 Å². The summed E-state index contributed by atoms with van der Waals surface area (Å²) in [6, 6.07) is 15.6. The van der Waals surface area contributed by atoms with Gasteiger partial charge in [0, 0.05) is 0 Å². The first-order chi connectivity index (χ1) is 8.76. The molecule has 0 unspecified atom stereocenters. The van der Waals surface area contributed by atoms with Crippen molar-refractivity contribution in [2.24, 2.45) is 0 Å². The highest BCUT2D eigenvalue weighted by atomic mass is 32.1. The molecule has 0 aliphatic rings. The minimum atomic E-state index is 0.688. The molecule has 0 N–H and O–H groups in total. The lowest BCUT2D eigenvalue weighted by Crippen LogP contribution is -2.00. The monoisotopic (exact) mass is 258 g/mol. The van der Waals surface area contributed by atoms with E-state index < -0.39 is 0 Å². The van der Waals surface area contributed by atoms with E-state index in [2.05, 4.69) is 0 Å². The quantitative estimate of drug-likeness (QED) is 0.618. The van der Waals surface area contributed by atoms with Crippen LogP contribution in [0.2, 0.25) is 0 Å². The van der Waals surface area contributed by atoms with Gasteiger partial charge in [-0.05, 0) is 29.3 Å². The molecule has 18 heavy (non-hydrogen) atoms. The lowest BCUT2D eigenvalue weighted by Gasteiger charge is -2.10. The number of hydrogen-bond donors (Lipinski definition) is 0. The minimum Gasteiger partial charge on any atom is -0.493 e. The second-order valence-corrected chi connectivity index (χ2v) is 4.17. The number of thiocarbonyl (C=S) groups is 1. The van der Waals surface area contributed by atoms with Gasteiger partial charge in [0.25, 0.3) is 0 Å². The van der Waals surface area contributed by atoms with Crippen LogP contribution >= 0.6 is 12.2 Å². The molecule has 0 heterocycles. The van der Waals surface area contributed by atoms with Gasteiger partial charge in [-0.15, -0.1) is 0 Å². The molecule has 2 aromatic rings. The number of rotatable bonds is 4. The van der Waals surface area contributed by atoms with Crippen LogP contribution in [0.4, 0.5) is 0 Å². The molecule has 0 aliphatic carbocycles. The molecule has 0 radical (unpaired) electrons. The molecule has 0 bridgehead atoms. The molecule has 0 fully saturated rings. The second-order valence-electron chi connectivity index (χ2n) is 3.76. The van der Waals surface area contributed by atoms with E-state index in [0.717, 1.165) is 16.0 Å². The summed E-state index contributed by atoms with van der Waals surface area (Å²) in [5.74, 6) is 1.39.